The molecule has 3 aromatic carbocycles. The molecular formula is C28H26ClN3O5. The lowest BCUT2D eigenvalue weighted by molar-refractivity contribution is -0.120. The molecule has 37 heavy (non-hydrogen) atoms. The molecule has 1 aliphatic heterocycles. The number of hydrogen-bond donors (Lipinski definition) is 2. The van der Waals surface area contributed by atoms with Gasteiger partial charge in [-0.1, -0.05) is 54.1 Å². The lowest BCUT2D eigenvalue weighted by Gasteiger charge is -2.23. The summed E-state index contributed by atoms with van der Waals surface area (Å²) in [5, 5.41) is 5.80. The fourth-order valence-electron chi connectivity index (χ4n) is 4.03. The summed E-state index contributed by atoms with van der Waals surface area (Å²) in [4.78, 5) is 51.6. The summed E-state index contributed by atoms with van der Waals surface area (Å²) in [6, 6.07) is 21.7. The molecule has 9 heteroatoms. The summed E-state index contributed by atoms with van der Waals surface area (Å²) < 4.78 is 5.39. The van der Waals surface area contributed by atoms with Crippen molar-refractivity contribution < 1.29 is 23.9 Å². The molecule has 190 valence electrons. The summed E-state index contributed by atoms with van der Waals surface area (Å²) in [6.45, 7) is 0.575. The zero-order valence-corrected chi connectivity index (χ0v) is 20.7. The van der Waals surface area contributed by atoms with Crippen molar-refractivity contribution in [2.45, 2.75) is 31.9 Å². The third kappa shape index (κ3) is 6.95. The minimum absolute atomic E-state index is 0.135. The van der Waals surface area contributed by atoms with Gasteiger partial charge in [0.2, 0.25) is 11.8 Å². The highest BCUT2D eigenvalue weighted by molar-refractivity contribution is 6.33. The van der Waals surface area contributed by atoms with Crippen molar-refractivity contribution in [1.82, 2.24) is 4.90 Å². The van der Waals surface area contributed by atoms with E-state index in [1.807, 2.05) is 30.3 Å². The highest BCUT2D eigenvalue weighted by Crippen LogP contribution is 2.22. The number of ether oxygens (including phenoxy) is 1. The van der Waals surface area contributed by atoms with Gasteiger partial charge in [0.1, 0.15) is 12.6 Å². The number of carbonyl (C=O) groups is 4. The van der Waals surface area contributed by atoms with E-state index < -0.39 is 18.0 Å². The number of Topliss-reactive ketones (excluding diaryl/α,β-unsaturated/α-hetero) is 1. The molecule has 1 aliphatic rings. The van der Waals surface area contributed by atoms with Crippen LogP contribution in [-0.4, -0.2) is 41.2 Å². The fourth-order valence-corrected chi connectivity index (χ4v) is 4.21. The van der Waals surface area contributed by atoms with E-state index in [-0.39, 0.29) is 24.7 Å². The van der Waals surface area contributed by atoms with Gasteiger partial charge in [-0.25, -0.2) is 4.79 Å². The number of rotatable bonds is 8. The number of likely N-dealkylation sites (tertiary alicyclic amines) is 1. The van der Waals surface area contributed by atoms with Crippen molar-refractivity contribution in [3.8, 4) is 0 Å². The van der Waals surface area contributed by atoms with Crippen LogP contribution in [0.4, 0.5) is 16.2 Å². The van der Waals surface area contributed by atoms with Crippen molar-refractivity contribution in [3.63, 3.8) is 0 Å². The molecule has 1 saturated heterocycles. The molecule has 1 fully saturated rings. The molecular weight excluding hydrogens is 494 g/mol. The first kappa shape index (κ1) is 25.9. The molecule has 1 atom stereocenters. The van der Waals surface area contributed by atoms with Gasteiger partial charge in [0.15, 0.2) is 5.78 Å². The molecule has 2 N–H and O–H groups in total. The van der Waals surface area contributed by atoms with E-state index >= 15 is 0 Å². The maximum Gasteiger partial charge on any atom is 0.410 e. The Labute approximate surface area is 219 Å². The van der Waals surface area contributed by atoms with Crippen LogP contribution in [0, 0.1) is 0 Å². The van der Waals surface area contributed by atoms with Gasteiger partial charge in [-0.05, 0) is 54.8 Å². The van der Waals surface area contributed by atoms with Gasteiger partial charge in [0, 0.05) is 17.8 Å². The second-order valence-electron chi connectivity index (χ2n) is 8.59. The van der Waals surface area contributed by atoms with Gasteiger partial charge >= 0.3 is 6.09 Å². The van der Waals surface area contributed by atoms with Gasteiger partial charge in [-0.3, -0.25) is 19.3 Å². The fraction of sp³-hybridized carbons (Fsp3) is 0.214. The zero-order chi connectivity index (χ0) is 26.2. The Kier molecular flexibility index (Phi) is 8.53. The average Bonchev–Trinajstić information content (AvgIpc) is 3.40. The standard InChI is InChI=1S/C28H26ClN3O5/c29-22-9-4-5-10-23(22)31-26(34)17-25(33)20-12-14-21(15-13-20)30-27(35)24-11-6-16-32(24)28(36)37-18-19-7-2-1-3-8-19/h1-5,7-10,12-15,24H,6,11,16-18H2,(H,30,35)(H,31,34)/t24-/m0/s1. The summed E-state index contributed by atoms with van der Waals surface area (Å²) in [5.74, 6) is -1.17. The molecule has 3 amide bonds. The number of nitrogens with one attached hydrogen (secondary N) is 2. The molecule has 4 rings (SSSR count). The molecule has 0 saturated carbocycles. The third-order valence-corrected chi connectivity index (χ3v) is 6.27. The quantitative estimate of drug-likeness (QED) is 0.311. The average molecular weight is 520 g/mol. The maximum absolute atomic E-state index is 12.9. The van der Waals surface area contributed by atoms with E-state index in [1.54, 1.807) is 48.5 Å². The van der Waals surface area contributed by atoms with Crippen LogP contribution < -0.4 is 10.6 Å². The molecule has 0 unspecified atom stereocenters. The smallest absolute Gasteiger partial charge is 0.410 e. The van der Waals surface area contributed by atoms with Crippen LogP contribution in [0.5, 0.6) is 0 Å². The van der Waals surface area contributed by atoms with Crippen molar-refractivity contribution in [2.75, 3.05) is 17.2 Å². The molecule has 0 radical (unpaired) electrons. The number of hydrogen-bond acceptors (Lipinski definition) is 5. The van der Waals surface area contributed by atoms with Crippen LogP contribution >= 0.6 is 11.6 Å². The van der Waals surface area contributed by atoms with E-state index in [0.29, 0.717) is 41.3 Å². The number of ketones is 1. The largest absolute Gasteiger partial charge is 0.445 e. The first-order valence-electron chi connectivity index (χ1n) is 11.9. The SMILES string of the molecule is O=C(CC(=O)c1ccc(NC(=O)[C@@H]2CCCN2C(=O)OCc2ccccc2)cc1)Nc1ccccc1Cl. The van der Waals surface area contributed by atoms with Gasteiger partial charge < -0.3 is 15.4 Å². The lowest BCUT2D eigenvalue weighted by Crippen LogP contribution is -2.43. The van der Waals surface area contributed by atoms with Crippen molar-refractivity contribution in [3.05, 3.63) is 95.0 Å². The van der Waals surface area contributed by atoms with Crippen LogP contribution in [0.1, 0.15) is 35.2 Å². The van der Waals surface area contributed by atoms with Crippen LogP contribution in [0.15, 0.2) is 78.9 Å². The Morgan fingerprint density at radius 3 is 2.32 bits per heavy atom. The van der Waals surface area contributed by atoms with Crippen LogP contribution in [-0.2, 0) is 20.9 Å². The highest BCUT2D eigenvalue weighted by Gasteiger charge is 2.35. The Hall–Kier alpha value is -4.17. The predicted octanol–water partition coefficient (Wildman–Crippen LogP) is 5.29. The normalized spacial score (nSPS) is 14.6. The van der Waals surface area contributed by atoms with Gasteiger partial charge in [0.25, 0.3) is 0 Å². The van der Waals surface area contributed by atoms with E-state index in [4.69, 9.17) is 16.3 Å². The highest BCUT2D eigenvalue weighted by atomic mass is 35.5. The second-order valence-corrected chi connectivity index (χ2v) is 8.99. The van der Waals surface area contributed by atoms with E-state index in [0.717, 1.165) is 5.56 Å². The van der Waals surface area contributed by atoms with Crippen LogP contribution in [0.25, 0.3) is 0 Å². The molecule has 3 aromatic rings. The minimum atomic E-state index is -0.641. The van der Waals surface area contributed by atoms with Crippen molar-refractivity contribution >= 4 is 46.7 Å². The van der Waals surface area contributed by atoms with E-state index in [9.17, 15) is 19.2 Å². The monoisotopic (exact) mass is 519 g/mol. The van der Waals surface area contributed by atoms with Gasteiger partial charge in [0.05, 0.1) is 17.1 Å². The molecule has 8 nitrogen and oxygen atoms in total. The first-order chi connectivity index (χ1) is 17.9. The Morgan fingerprint density at radius 2 is 1.59 bits per heavy atom. The number of para-hydroxylation sites is 1. The topological polar surface area (TPSA) is 105 Å². The van der Waals surface area contributed by atoms with Crippen LogP contribution in [0.2, 0.25) is 5.02 Å². The van der Waals surface area contributed by atoms with Crippen LogP contribution in [0.3, 0.4) is 0 Å². The molecule has 0 aliphatic carbocycles. The number of halogens is 1. The van der Waals surface area contributed by atoms with E-state index in [2.05, 4.69) is 10.6 Å². The maximum atomic E-state index is 12.9. The number of amides is 3. The first-order valence-corrected chi connectivity index (χ1v) is 12.2. The predicted molar refractivity (Wildman–Crippen MR) is 140 cm³/mol. The minimum Gasteiger partial charge on any atom is -0.445 e. The number of carbonyl (C=O) groups excluding carboxylic acids is 4. The van der Waals surface area contributed by atoms with Crippen molar-refractivity contribution in [1.29, 1.82) is 0 Å². The van der Waals surface area contributed by atoms with Gasteiger partial charge in [-0.2, -0.15) is 0 Å². The number of anilines is 2. The third-order valence-electron chi connectivity index (χ3n) is 5.94. The summed E-state index contributed by atoms with van der Waals surface area (Å²) >= 11 is 6.03. The van der Waals surface area contributed by atoms with E-state index in [1.165, 1.54) is 4.90 Å². The molecule has 0 spiro atoms. The zero-order valence-electron chi connectivity index (χ0n) is 20.0. The summed E-state index contributed by atoms with van der Waals surface area (Å²) in [7, 11) is 0. The molecule has 0 bridgehead atoms. The Balaban J connectivity index is 1.29. The van der Waals surface area contributed by atoms with Gasteiger partial charge in [-0.15, -0.1) is 0 Å². The summed E-state index contributed by atoms with van der Waals surface area (Å²) in [5.41, 5.74) is 2.11. The molecule has 1 heterocycles. The number of nitrogens with zero attached hydrogens (tertiary/aromatic N) is 1. The second kappa shape index (κ2) is 12.2. The Morgan fingerprint density at radius 1 is 0.892 bits per heavy atom. The number of benzene rings is 3. The Bertz CT molecular complexity index is 1280. The summed E-state index contributed by atoms with van der Waals surface area (Å²) in [6.07, 6.45) is 0.350. The molecule has 0 aromatic heterocycles. The lowest BCUT2D eigenvalue weighted by atomic mass is 10.1. The van der Waals surface area contributed by atoms with Crippen molar-refractivity contribution in [2.24, 2.45) is 0 Å².